The second-order valence-corrected chi connectivity index (χ2v) is 6.16. The largest absolute Gasteiger partial charge is 0.366 e. The van der Waals surface area contributed by atoms with Crippen molar-refractivity contribution < 1.29 is 5.21 Å². The predicted molar refractivity (Wildman–Crippen MR) is 68.5 cm³/mol. The topological polar surface area (TPSA) is 47.2 Å². The van der Waals surface area contributed by atoms with Crippen molar-refractivity contribution in [2.24, 2.45) is 0 Å². The maximum absolute atomic E-state index is 12.1. The Morgan fingerprint density at radius 1 is 1.25 bits per heavy atom. The van der Waals surface area contributed by atoms with Gasteiger partial charge < -0.3 is 10.6 Å². The molecule has 0 unspecified atom stereocenters. The predicted octanol–water partition coefficient (Wildman–Crippen LogP) is 1.45. The molecule has 1 heterocycles. The van der Waals surface area contributed by atoms with Crippen molar-refractivity contribution >= 4 is 17.3 Å². The average Bonchev–Trinajstić information content (AvgIpc) is 2.13. The van der Waals surface area contributed by atoms with E-state index in [4.69, 9.17) is 12.2 Å². The van der Waals surface area contributed by atoms with Crippen molar-refractivity contribution in [3.63, 3.8) is 0 Å². The minimum Gasteiger partial charge on any atom is -0.366 e. The molecule has 16 heavy (non-hydrogen) atoms. The number of thiocarbonyl (C=S) groups is 1. The molecule has 1 aliphatic heterocycles. The van der Waals surface area contributed by atoms with E-state index < -0.39 is 0 Å². The van der Waals surface area contributed by atoms with E-state index >= 15 is 0 Å². The summed E-state index contributed by atoms with van der Waals surface area (Å²) in [6, 6.07) is 0.259. The Morgan fingerprint density at radius 3 is 2.06 bits per heavy atom. The van der Waals surface area contributed by atoms with E-state index in [1.165, 1.54) is 5.06 Å². The van der Waals surface area contributed by atoms with Crippen LogP contribution in [0.25, 0.3) is 0 Å². The fraction of sp³-hybridized carbons (Fsp3) is 0.909. The number of nitrogens with zero attached hydrogens (tertiary/aromatic N) is 1. The highest BCUT2D eigenvalue weighted by Crippen LogP contribution is 2.36. The molecule has 1 aliphatic rings. The van der Waals surface area contributed by atoms with Crippen LogP contribution in [0.1, 0.15) is 40.5 Å². The van der Waals surface area contributed by atoms with Crippen LogP contribution in [-0.4, -0.2) is 34.3 Å². The number of rotatable bonds is 1. The van der Waals surface area contributed by atoms with E-state index in [1.807, 2.05) is 27.7 Å². The lowest BCUT2D eigenvalue weighted by molar-refractivity contribution is -0.289. The van der Waals surface area contributed by atoms with Crippen LogP contribution in [-0.2, 0) is 5.21 Å². The first-order valence-electron chi connectivity index (χ1n) is 5.65. The first-order valence-corrected chi connectivity index (χ1v) is 6.05. The average molecular weight is 244 g/mol. The molecule has 4 nitrogen and oxygen atoms in total. The summed E-state index contributed by atoms with van der Waals surface area (Å²) in [6.45, 7) is 7.94. The molecule has 93 valence electrons. The maximum atomic E-state index is 12.1. The van der Waals surface area contributed by atoms with E-state index in [1.54, 1.807) is 7.05 Å². The first-order chi connectivity index (χ1) is 7.19. The van der Waals surface area contributed by atoms with E-state index in [0.29, 0.717) is 5.11 Å². The second-order valence-electron chi connectivity index (χ2n) is 5.75. The van der Waals surface area contributed by atoms with E-state index in [9.17, 15) is 5.21 Å². The Kier molecular flexibility index (Phi) is 3.82. The molecule has 0 aliphatic carbocycles. The molecule has 0 aromatic heterocycles. The molecular weight excluding hydrogens is 222 g/mol. The molecule has 0 spiro atoms. The van der Waals surface area contributed by atoms with Gasteiger partial charge in [0.15, 0.2) is 5.11 Å². The molecular formula is C11H22N3OS. The van der Waals surface area contributed by atoms with Crippen molar-refractivity contribution in [3.05, 3.63) is 0 Å². The summed E-state index contributed by atoms with van der Waals surface area (Å²) in [5.41, 5.74) is -0.689. The van der Waals surface area contributed by atoms with Gasteiger partial charge in [0.2, 0.25) is 0 Å². The summed E-state index contributed by atoms with van der Waals surface area (Å²) in [5, 5.41) is 20.1. The van der Waals surface area contributed by atoms with Crippen molar-refractivity contribution in [1.82, 2.24) is 15.7 Å². The number of piperidine rings is 1. The fourth-order valence-corrected chi connectivity index (χ4v) is 2.79. The van der Waals surface area contributed by atoms with Crippen molar-refractivity contribution in [2.45, 2.75) is 57.7 Å². The van der Waals surface area contributed by atoms with Gasteiger partial charge in [0.25, 0.3) is 0 Å². The molecule has 1 fully saturated rings. The van der Waals surface area contributed by atoms with Crippen molar-refractivity contribution in [3.8, 4) is 0 Å². The van der Waals surface area contributed by atoms with Gasteiger partial charge in [-0.05, 0) is 52.8 Å². The van der Waals surface area contributed by atoms with Crippen LogP contribution >= 0.6 is 12.2 Å². The van der Waals surface area contributed by atoms with Gasteiger partial charge in [0.05, 0.1) is 0 Å². The third-order valence-corrected chi connectivity index (χ3v) is 3.48. The molecule has 1 rings (SSSR count). The molecule has 0 aromatic carbocycles. The normalized spacial score (nSPS) is 25.1. The minimum absolute atomic E-state index is 0.259. The molecule has 0 saturated carbocycles. The summed E-state index contributed by atoms with van der Waals surface area (Å²) in [5.74, 6) is 0. The summed E-state index contributed by atoms with van der Waals surface area (Å²) >= 11 is 5.10. The van der Waals surface area contributed by atoms with Crippen molar-refractivity contribution in [2.75, 3.05) is 7.05 Å². The Hall–Kier alpha value is -0.390. The minimum atomic E-state index is -0.344. The Balaban J connectivity index is 2.75. The third-order valence-electron chi connectivity index (χ3n) is 3.15. The van der Waals surface area contributed by atoms with Crippen LogP contribution in [0.2, 0.25) is 0 Å². The van der Waals surface area contributed by atoms with Crippen LogP contribution < -0.4 is 10.6 Å². The highest BCUT2D eigenvalue weighted by Gasteiger charge is 2.46. The molecule has 0 amide bonds. The number of hydroxylamine groups is 2. The smallest absolute Gasteiger partial charge is 0.166 e. The maximum Gasteiger partial charge on any atom is 0.166 e. The van der Waals surface area contributed by atoms with E-state index in [0.717, 1.165) is 12.8 Å². The third kappa shape index (κ3) is 2.84. The van der Waals surface area contributed by atoms with Gasteiger partial charge in [-0.3, -0.25) is 0 Å². The summed E-state index contributed by atoms with van der Waals surface area (Å²) < 4.78 is 0. The molecule has 0 bridgehead atoms. The summed E-state index contributed by atoms with van der Waals surface area (Å²) in [6.07, 6.45) is 1.61. The van der Waals surface area contributed by atoms with Gasteiger partial charge in [-0.15, -0.1) is 10.3 Å². The van der Waals surface area contributed by atoms with E-state index in [2.05, 4.69) is 10.6 Å². The number of nitrogens with one attached hydrogen (secondary N) is 2. The van der Waals surface area contributed by atoms with Gasteiger partial charge in [-0.25, -0.2) is 0 Å². The van der Waals surface area contributed by atoms with Gasteiger partial charge >= 0.3 is 0 Å². The number of hydrogen-bond acceptors (Lipinski definition) is 2. The quantitative estimate of drug-likeness (QED) is 0.685. The van der Waals surface area contributed by atoms with Gasteiger partial charge in [0, 0.05) is 24.2 Å². The zero-order valence-corrected chi connectivity index (χ0v) is 11.6. The zero-order valence-electron chi connectivity index (χ0n) is 10.8. The molecule has 0 atom stereocenters. The fourth-order valence-electron chi connectivity index (χ4n) is 2.62. The molecule has 0 aromatic rings. The first kappa shape index (κ1) is 13.7. The lowest BCUT2D eigenvalue weighted by Gasteiger charge is -2.50. The zero-order chi connectivity index (χ0) is 12.6. The molecule has 5 heteroatoms. The van der Waals surface area contributed by atoms with Crippen LogP contribution in [0.3, 0.4) is 0 Å². The highest BCUT2D eigenvalue weighted by molar-refractivity contribution is 7.80. The van der Waals surface area contributed by atoms with Crippen LogP contribution in [0.15, 0.2) is 0 Å². The SMILES string of the molecule is CNC(=S)NC1CC(C)(C)N([O])C(C)(C)C1. The Labute approximate surface area is 103 Å². The van der Waals surface area contributed by atoms with Crippen LogP contribution in [0.5, 0.6) is 0 Å². The van der Waals surface area contributed by atoms with Crippen LogP contribution in [0, 0.1) is 0 Å². The Bertz CT molecular complexity index is 260. The standard InChI is InChI=1S/C11H22N3OS/c1-10(2)6-8(13-9(16)12-5)7-11(3,4)14(10)15/h8H,6-7H2,1-5H3,(H2,12,13,16). The van der Waals surface area contributed by atoms with E-state index in [-0.39, 0.29) is 17.1 Å². The lowest BCUT2D eigenvalue weighted by Crippen LogP contribution is -2.62. The number of hydrogen-bond donors (Lipinski definition) is 2. The monoisotopic (exact) mass is 244 g/mol. The van der Waals surface area contributed by atoms with Gasteiger partial charge in [-0.1, -0.05) is 0 Å². The summed E-state index contributed by atoms with van der Waals surface area (Å²) in [7, 11) is 1.80. The van der Waals surface area contributed by atoms with Crippen molar-refractivity contribution in [1.29, 1.82) is 0 Å². The van der Waals surface area contributed by atoms with Gasteiger partial charge in [0.1, 0.15) is 0 Å². The van der Waals surface area contributed by atoms with Gasteiger partial charge in [-0.2, -0.15) is 0 Å². The lowest BCUT2D eigenvalue weighted by atomic mass is 9.79. The molecule has 2 N–H and O–H groups in total. The highest BCUT2D eigenvalue weighted by atomic mass is 32.1. The molecule has 1 saturated heterocycles. The molecule has 1 radical (unpaired) electrons. The second kappa shape index (κ2) is 4.47. The Morgan fingerprint density at radius 2 is 1.69 bits per heavy atom. The van der Waals surface area contributed by atoms with Crippen LogP contribution in [0.4, 0.5) is 0 Å². The summed E-state index contributed by atoms with van der Waals surface area (Å²) in [4.78, 5) is 0.